The van der Waals surface area contributed by atoms with E-state index in [1.54, 1.807) is 11.3 Å². The van der Waals surface area contributed by atoms with Gasteiger partial charge in [-0.25, -0.2) is 0 Å². The largest absolute Gasteiger partial charge is 0.317 e. The third kappa shape index (κ3) is 2.76. The predicted octanol–water partition coefficient (Wildman–Crippen LogP) is 2.46. The van der Waals surface area contributed by atoms with Crippen LogP contribution in [-0.2, 0) is 0 Å². The normalized spacial score (nSPS) is 25.8. The molecule has 0 amide bonds. The number of ketones is 1. The summed E-state index contributed by atoms with van der Waals surface area (Å²) in [5.41, 5.74) is 0. The average molecular weight is 278 g/mol. The molecule has 3 heterocycles. The quantitative estimate of drug-likeness (QED) is 0.862. The van der Waals surface area contributed by atoms with Gasteiger partial charge < -0.3 is 5.32 Å². The number of rotatable bonds is 3. The molecule has 2 aliphatic rings. The standard InChI is InChI=1S/C15H22N2OS/c1-11-4-5-14(19-11)15(18)13-3-2-10-17(13)12-6-8-16-9-7-12/h4-5,12-13,16H,2-3,6-10H2,1H3. The van der Waals surface area contributed by atoms with Gasteiger partial charge in [0, 0.05) is 10.9 Å². The Bertz CT molecular complexity index is 451. The van der Waals surface area contributed by atoms with E-state index in [0.717, 1.165) is 30.9 Å². The topological polar surface area (TPSA) is 32.3 Å². The highest BCUT2D eigenvalue weighted by Crippen LogP contribution is 2.28. The fraction of sp³-hybridized carbons (Fsp3) is 0.667. The van der Waals surface area contributed by atoms with Crippen LogP contribution < -0.4 is 5.32 Å². The minimum absolute atomic E-state index is 0.140. The van der Waals surface area contributed by atoms with Crippen LogP contribution in [0.25, 0.3) is 0 Å². The molecule has 2 fully saturated rings. The van der Waals surface area contributed by atoms with E-state index in [1.165, 1.54) is 24.1 Å². The predicted molar refractivity (Wildman–Crippen MR) is 79.0 cm³/mol. The van der Waals surface area contributed by atoms with Gasteiger partial charge in [-0.2, -0.15) is 0 Å². The minimum atomic E-state index is 0.140. The van der Waals surface area contributed by atoms with E-state index >= 15 is 0 Å². The maximum atomic E-state index is 12.7. The number of Topliss-reactive ketones (excluding diaryl/α,β-unsaturated/α-hetero) is 1. The highest BCUT2D eigenvalue weighted by Gasteiger charge is 2.36. The Hall–Kier alpha value is -0.710. The Kier molecular flexibility index (Phi) is 4.01. The van der Waals surface area contributed by atoms with Gasteiger partial charge in [0.25, 0.3) is 0 Å². The fourth-order valence-electron chi connectivity index (χ4n) is 3.38. The lowest BCUT2D eigenvalue weighted by Gasteiger charge is -2.35. The van der Waals surface area contributed by atoms with Gasteiger partial charge in [0.1, 0.15) is 0 Å². The van der Waals surface area contributed by atoms with Gasteiger partial charge in [-0.3, -0.25) is 9.69 Å². The number of nitrogens with one attached hydrogen (secondary N) is 1. The zero-order chi connectivity index (χ0) is 13.2. The molecule has 2 aliphatic heterocycles. The Morgan fingerprint density at radius 2 is 2.11 bits per heavy atom. The second kappa shape index (κ2) is 5.73. The summed E-state index contributed by atoms with van der Waals surface area (Å²) in [5, 5.41) is 3.41. The number of hydrogen-bond donors (Lipinski definition) is 1. The van der Waals surface area contributed by atoms with E-state index in [-0.39, 0.29) is 6.04 Å². The zero-order valence-corrected chi connectivity index (χ0v) is 12.3. The molecule has 3 nitrogen and oxygen atoms in total. The van der Waals surface area contributed by atoms with E-state index in [4.69, 9.17) is 0 Å². The molecule has 2 saturated heterocycles. The smallest absolute Gasteiger partial charge is 0.189 e. The molecule has 1 atom stereocenters. The van der Waals surface area contributed by atoms with Crippen molar-refractivity contribution in [2.24, 2.45) is 0 Å². The van der Waals surface area contributed by atoms with Crippen molar-refractivity contribution in [3.8, 4) is 0 Å². The maximum absolute atomic E-state index is 12.7. The Balaban J connectivity index is 1.73. The Morgan fingerprint density at radius 1 is 1.32 bits per heavy atom. The van der Waals surface area contributed by atoms with Crippen molar-refractivity contribution < 1.29 is 4.79 Å². The summed E-state index contributed by atoms with van der Waals surface area (Å²) >= 11 is 1.64. The van der Waals surface area contributed by atoms with Crippen LogP contribution in [0, 0.1) is 6.92 Å². The molecule has 3 rings (SSSR count). The SMILES string of the molecule is Cc1ccc(C(=O)C2CCCN2C2CCNCC2)s1. The van der Waals surface area contributed by atoms with E-state index in [1.807, 2.05) is 6.07 Å². The van der Waals surface area contributed by atoms with Crippen molar-refractivity contribution in [3.05, 3.63) is 21.9 Å². The van der Waals surface area contributed by atoms with E-state index in [9.17, 15) is 4.79 Å². The molecular formula is C15H22N2OS. The summed E-state index contributed by atoms with van der Waals surface area (Å²) in [6.07, 6.45) is 4.59. The Morgan fingerprint density at radius 3 is 2.79 bits per heavy atom. The first-order valence-electron chi connectivity index (χ1n) is 7.33. The van der Waals surface area contributed by atoms with Crippen LogP contribution in [0.3, 0.4) is 0 Å². The molecule has 1 N–H and O–H groups in total. The van der Waals surface area contributed by atoms with Crippen molar-refractivity contribution >= 4 is 17.1 Å². The second-order valence-electron chi connectivity index (χ2n) is 5.65. The number of carbonyl (C=O) groups excluding carboxylic acids is 1. The number of nitrogens with zero attached hydrogens (tertiary/aromatic N) is 1. The van der Waals surface area contributed by atoms with Gasteiger partial charge in [0.15, 0.2) is 5.78 Å². The lowest BCUT2D eigenvalue weighted by molar-refractivity contribution is 0.0788. The van der Waals surface area contributed by atoms with Crippen LogP contribution in [0.2, 0.25) is 0 Å². The molecule has 104 valence electrons. The first-order valence-corrected chi connectivity index (χ1v) is 8.14. The van der Waals surface area contributed by atoms with Crippen LogP contribution >= 0.6 is 11.3 Å². The third-order valence-electron chi connectivity index (χ3n) is 4.36. The molecule has 0 spiro atoms. The molecule has 4 heteroatoms. The maximum Gasteiger partial charge on any atom is 0.189 e. The summed E-state index contributed by atoms with van der Waals surface area (Å²) in [4.78, 5) is 17.3. The van der Waals surface area contributed by atoms with Crippen molar-refractivity contribution in [2.45, 2.75) is 44.7 Å². The third-order valence-corrected chi connectivity index (χ3v) is 5.37. The Labute approximate surface area is 119 Å². The van der Waals surface area contributed by atoms with Crippen LogP contribution in [0.1, 0.15) is 40.2 Å². The van der Waals surface area contributed by atoms with Gasteiger partial charge in [-0.05, 0) is 64.4 Å². The molecular weight excluding hydrogens is 256 g/mol. The minimum Gasteiger partial charge on any atom is -0.317 e. The lowest BCUT2D eigenvalue weighted by atomic mass is 10.0. The summed E-state index contributed by atoms with van der Waals surface area (Å²) in [6, 6.07) is 4.81. The average Bonchev–Trinajstić information content (AvgIpc) is 3.07. The highest BCUT2D eigenvalue weighted by atomic mass is 32.1. The van der Waals surface area contributed by atoms with Crippen LogP contribution in [0.5, 0.6) is 0 Å². The monoisotopic (exact) mass is 278 g/mol. The molecule has 0 aromatic carbocycles. The van der Waals surface area contributed by atoms with Gasteiger partial charge >= 0.3 is 0 Å². The first-order chi connectivity index (χ1) is 9.25. The van der Waals surface area contributed by atoms with Crippen molar-refractivity contribution in [1.29, 1.82) is 0 Å². The second-order valence-corrected chi connectivity index (χ2v) is 6.94. The number of piperidine rings is 1. The van der Waals surface area contributed by atoms with Crippen LogP contribution in [-0.4, -0.2) is 42.4 Å². The molecule has 1 unspecified atom stereocenters. The molecule has 1 aromatic heterocycles. The van der Waals surface area contributed by atoms with Crippen molar-refractivity contribution in [1.82, 2.24) is 10.2 Å². The molecule has 1 aromatic rings. The summed E-state index contributed by atoms with van der Waals surface area (Å²) in [7, 11) is 0. The van der Waals surface area contributed by atoms with Crippen molar-refractivity contribution in [2.75, 3.05) is 19.6 Å². The number of likely N-dealkylation sites (tertiary alicyclic amines) is 1. The summed E-state index contributed by atoms with van der Waals surface area (Å²) in [6.45, 7) is 5.37. The van der Waals surface area contributed by atoms with E-state index in [0.29, 0.717) is 11.8 Å². The van der Waals surface area contributed by atoms with Gasteiger partial charge in [0.05, 0.1) is 10.9 Å². The molecule has 0 bridgehead atoms. The van der Waals surface area contributed by atoms with E-state index < -0.39 is 0 Å². The molecule has 19 heavy (non-hydrogen) atoms. The molecule has 0 aliphatic carbocycles. The van der Waals surface area contributed by atoms with Gasteiger partial charge in [0.2, 0.25) is 0 Å². The van der Waals surface area contributed by atoms with Gasteiger partial charge in [-0.15, -0.1) is 11.3 Å². The summed E-state index contributed by atoms with van der Waals surface area (Å²) < 4.78 is 0. The van der Waals surface area contributed by atoms with Crippen LogP contribution in [0.15, 0.2) is 12.1 Å². The molecule has 0 saturated carbocycles. The zero-order valence-electron chi connectivity index (χ0n) is 11.5. The highest BCUT2D eigenvalue weighted by molar-refractivity contribution is 7.14. The number of carbonyl (C=O) groups is 1. The first kappa shape index (κ1) is 13.3. The van der Waals surface area contributed by atoms with Gasteiger partial charge in [-0.1, -0.05) is 0 Å². The number of aryl methyl sites for hydroxylation is 1. The lowest BCUT2D eigenvalue weighted by Crippen LogP contribution is -2.47. The van der Waals surface area contributed by atoms with Crippen molar-refractivity contribution in [3.63, 3.8) is 0 Å². The van der Waals surface area contributed by atoms with E-state index in [2.05, 4.69) is 23.2 Å². The van der Waals surface area contributed by atoms with Crippen LogP contribution in [0.4, 0.5) is 0 Å². The summed E-state index contributed by atoms with van der Waals surface area (Å²) in [5.74, 6) is 0.356. The number of thiophene rings is 1. The fourth-order valence-corrected chi connectivity index (χ4v) is 4.23. The molecule has 0 radical (unpaired) electrons. The number of hydrogen-bond acceptors (Lipinski definition) is 4.